The van der Waals surface area contributed by atoms with E-state index < -0.39 is 0 Å². The number of pyridine rings is 2. The summed E-state index contributed by atoms with van der Waals surface area (Å²) in [6.45, 7) is 0. The van der Waals surface area contributed by atoms with Gasteiger partial charge in [-0.3, -0.25) is 15.1 Å². The minimum atomic E-state index is 0.773. The van der Waals surface area contributed by atoms with Gasteiger partial charge >= 0.3 is 0 Å². The Kier molecular flexibility index (Phi) is 3.86. The first kappa shape index (κ1) is 14.3. The SMILES string of the molecule is c1ccc(Cc2c(-c3ccccn3)n[nH]c2-c2ccccn2)cc1. The Morgan fingerprint density at radius 2 is 1.38 bits per heavy atom. The molecule has 0 fully saturated rings. The van der Waals surface area contributed by atoms with Crippen molar-refractivity contribution in [3.63, 3.8) is 0 Å². The minimum absolute atomic E-state index is 0.773. The van der Waals surface area contributed by atoms with Gasteiger partial charge in [-0.15, -0.1) is 0 Å². The molecule has 4 rings (SSSR count). The topological polar surface area (TPSA) is 54.5 Å². The number of hydrogen-bond acceptors (Lipinski definition) is 3. The average molecular weight is 312 g/mol. The molecular weight excluding hydrogens is 296 g/mol. The third-order valence-electron chi connectivity index (χ3n) is 3.92. The van der Waals surface area contributed by atoms with Gasteiger partial charge in [0.05, 0.1) is 17.1 Å². The van der Waals surface area contributed by atoms with Gasteiger partial charge in [0.15, 0.2) is 0 Å². The standard InChI is InChI=1S/C20H16N4/c1-2-8-15(9-3-1)14-16-19(17-10-4-6-12-21-17)23-24-20(16)18-11-5-7-13-22-18/h1-13H,14H2,(H,23,24). The zero-order valence-corrected chi connectivity index (χ0v) is 13.1. The summed E-state index contributed by atoms with van der Waals surface area (Å²) in [6.07, 6.45) is 4.36. The summed E-state index contributed by atoms with van der Waals surface area (Å²) in [5, 5.41) is 7.69. The van der Waals surface area contributed by atoms with Crippen LogP contribution in [0.3, 0.4) is 0 Å². The van der Waals surface area contributed by atoms with E-state index in [1.54, 1.807) is 12.4 Å². The van der Waals surface area contributed by atoms with Crippen LogP contribution in [0.1, 0.15) is 11.1 Å². The van der Waals surface area contributed by atoms with Gasteiger partial charge in [0.1, 0.15) is 5.69 Å². The quantitative estimate of drug-likeness (QED) is 0.616. The molecule has 4 nitrogen and oxygen atoms in total. The molecule has 4 heteroatoms. The highest BCUT2D eigenvalue weighted by molar-refractivity contribution is 5.71. The predicted molar refractivity (Wildman–Crippen MR) is 94.3 cm³/mol. The van der Waals surface area contributed by atoms with Crippen LogP contribution in [0.5, 0.6) is 0 Å². The molecule has 0 bridgehead atoms. The molecule has 0 saturated carbocycles. The highest BCUT2D eigenvalue weighted by Gasteiger charge is 2.18. The molecule has 4 aromatic rings. The Bertz CT molecular complexity index is 859. The van der Waals surface area contributed by atoms with Crippen molar-refractivity contribution in [2.24, 2.45) is 0 Å². The monoisotopic (exact) mass is 312 g/mol. The predicted octanol–water partition coefficient (Wildman–Crippen LogP) is 4.12. The van der Waals surface area contributed by atoms with Gasteiger partial charge in [0.2, 0.25) is 0 Å². The van der Waals surface area contributed by atoms with Crippen LogP contribution in [0.4, 0.5) is 0 Å². The van der Waals surface area contributed by atoms with Crippen molar-refractivity contribution in [2.75, 3.05) is 0 Å². The number of rotatable bonds is 4. The lowest BCUT2D eigenvalue weighted by molar-refractivity contribution is 1.08. The molecule has 0 spiro atoms. The van der Waals surface area contributed by atoms with Crippen LogP contribution in [-0.4, -0.2) is 20.2 Å². The Balaban J connectivity index is 1.85. The summed E-state index contributed by atoms with van der Waals surface area (Å²) >= 11 is 0. The Hall–Kier alpha value is -3.27. The van der Waals surface area contributed by atoms with Gasteiger partial charge in [-0.05, 0) is 29.8 Å². The van der Waals surface area contributed by atoms with Crippen molar-refractivity contribution >= 4 is 0 Å². The number of nitrogens with one attached hydrogen (secondary N) is 1. The van der Waals surface area contributed by atoms with Crippen molar-refractivity contribution in [3.8, 4) is 22.8 Å². The fraction of sp³-hybridized carbons (Fsp3) is 0.0500. The lowest BCUT2D eigenvalue weighted by atomic mass is 9.99. The third-order valence-corrected chi connectivity index (χ3v) is 3.92. The van der Waals surface area contributed by atoms with E-state index in [1.165, 1.54) is 5.56 Å². The van der Waals surface area contributed by atoms with Crippen LogP contribution in [0, 0.1) is 0 Å². The second-order valence-corrected chi connectivity index (χ2v) is 5.52. The third kappa shape index (κ3) is 2.82. The smallest absolute Gasteiger partial charge is 0.115 e. The first-order valence-electron chi connectivity index (χ1n) is 7.86. The van der Waals surface area contributed by atoms with E-state index in [0.717, 1.165) is 34.8 Å². The first-order chi connectivity index (χ1) is 11.9. The summed E-state index contributed by atoms with van der Waals surface area (Å²) in [5.74, 6) is 0. The second-order valence-electron chi connectivity index (χ2n) is 5.52. The van der Waals surface area contributed by atoms with Gasteiger partial charge in [0.25, 0.3) is 0 Å². The van der Waals surface area contributed by atoms with Gasteiger partial charge in [-0.1, -0.05) is 42.5 Å². The number of nitrogens with zero attached hydrogens (tertiary/aromatic N) is 3. The number of benzene rings is 1. The average Bonchev–Trinajstić information content (AvgIpc) is 3.07. The van der Waals surface area contributed by atoms with E-state index in [0.29, 0.717) is 0 Å². The Labute approximate surface area is 140 Å². The van der Waals surface area contributed by atoms with Crippen molar-refractivity contribution in [2.45, 2.75) is 6.42 Å². The van der Waals surface area contributed by atoms with Crippen LogP contribution < -0.4 is 0 Å². The summed E-state index contributed by atoms with van der Waals surface area (Å²) < 4.78 is 0. The minimum Gasteiger partial charge on any atom is -0.275 e. The summed E-state index contributed by atoms with van der Waals surface area (Å²) in [4.78, 5) is 8.92. The van der Waals surface area contributed by atoms with Gasteiger partial charge in [-0.2, -0.15) is 5.10 Å². The van der Waals surface area contributed by atoms with E-state index in [1.807, 2.05) is 42.5 Å². The Morgan fingerprint density at radius 3 is 2.04 bits per heavy atom. The van der Waals surface area contributed by atoms with E-state index in [-0.39, 0.29) is 0 Å². The second kappa shape index (κ2) is 6.46. The lowest BCUT2D eigenvalue weighted by Gasteiger charge is -2.06. The van der Waals surface area contributed by atoms with Gasteiger partial charge < -0.3 is 0 Å². The Morgan fingerprint density at radius 1 is 0.708 bits per heavy atom. The largest absolute Gasteiger partial charge is 0.275 e. The molecule has 1 N–H and O–H groups in total. The van der Waals surface area contributed by atoms with Gasteiger partial charge in [0, 0.05) is 24.4 Å². The van der Waals surface area contributed by atoms with Gasteiger partial charge in [-0.25, -0.2) is 0 Å². The first-order valence-corrected chi connectivity index (χ1v) is 7.86. The van der Waals surface area contributed by atoms with Crippen LogP contribution in [0.25, 0.3) is 22.8 Å². The van der Waals surface area contributed by atoms with Crippen LogP contribution in [-0.2, 0) is 6.42 Å². The number of hydrogen-bond donors (Lipinski definition) is 1. The van der Waals surface area contributed by atoms with Crippen molar-refractivity contribution in [1.29, 1.82) is 0 Å². The highest BCUT2D eigenvalue weighted by atomic mass is 15.1. The molecular formula is C20H16N4. The van der Waals surface area contributed by atoms with Crippen molar-refractivity contribution < 1.29 is 0 Å². The zero-order chi connectivity index (χ0) is 16.2. The number of aromatic amines is 1. The number of aromatic nitrogens is 4. The van der Waals surface area contributed by atoms with E-state index in [9.17, 15) is 0 Å². The zero-order valence-electron chi connectivity index (χ0n) is 13.1. The van der Waals surface area contributed by atoms with Crippen LogP contribution >= 0.6 is 0 Å². The van der Waals surface area contributed by atoms with Crippen molar-refractivity contribution in [3.05, 3.63) is 90.3 Å². The maximum absolute atomic E-state index is 4.53. The molecule has 1 aromatic carbocycles. The molecule has 3 aromatic heterocycles. The molecule has 0 radical (unpaired) electrons. The highest BCUT2D eigenvalue weighted by Crippen LogP contribution is 2.30. The fourth-order valence-corrected chi connectivity index (χ4v) is 2.77. The van der Waals surface area contributed by atoms with E-state index in [4.69, 9.17) is 0 Å². The molecule has 0 saturated heterocycles. The molecule has 0 aliphatic rings. The lowest BCUT2D eigenvalue weighted by Crippen LogP contribution is -1.94. The van der Waals surface area contributed by atoms with Crippen LogP contribution in [0.2, 0.25) is 0 Å². The summed E-state index contributed by atoms with van der Waals surface area (Å²) in [7, 11) is 0. The molecule has 0 amide bonds. The summed E-state index contributed by atoms with van der Waals surface area (Å²) in [6, 6.07) is 22.1. The fourth-order valence-electron chi connectivity index (χ4n) is 2.77. The maximum Gasteiger partial charge on any atom is 0.115 e. The van der Waals surface area contributed by atoms with Crippen molar-refractivity contribution in [1.82, 2.24) is 20.2 Å². The molecule has 0 aliphatic carbocycles. The van der Waals surface area contributed by atoms with E-state index in [2.05, 4.69) is 44.4 Å². The molecule has 0 aliphatic heterocycles. The van der Waals surface area contributed by atoms with Crippen LogP contribution in [0.15, 0.2) is 79.1 Å². The maximum atomic E-state index is 4.53. The molecule has 0 unspecified atom stereocenters. The molecule has 3 heterocycles. The number of H-pyrrole nitrogens is 1. The summed E-state index contributed by atoms with van der Waals surface area (Å²) in [5.41, 5.74) is 5.91. The molecule has 24 heavy (non-hydrogen) atoms. The molecule has 116 valence electrons. The van der Waals surface area contributed by atoms with E-state index >= 15 is 0 Å². The molecule has 0 atom stereocenters. The normalized spacial score (nSPS) is 10.7.